The van der Waals surface area contributed by atoms with Gasteiger partial charge >= 0.3 is 5.97 Å². The smallest absolute Gasteiger partial charge is 0.338 e. The lowest BCUT2D eigenvalue weighted by molar-refractivity contribution is -0.268. The SMILES string of the molecule is CO[C@@H]1[C@H](OC(=O)c2ccccc2)CCC2(OCCO2)[C@H]1COCc1ccccc1. The Labute approximate surface area is 177 Å². The van der Waals surface area contributed by atoms with Gasteiger partial charge in [0.2, 0.25) is 0 Å². The van der Waals surface area contributed by atoms with Gasteiger partial charge < -0.3 is 23.7 Å². The summed E-state index contributed by atoms with van der Waals surface area (Å²) in [6, 6.07) is 19.0. The fourth-order valence-corrected chi connectivity index (χ4v) is 4.35. The van der Waals surface area contributed by atoms with Crippen molar-refractivity contribution in [3.8, 4) is 0 Å². The van der Waals surface area contributed by atoms with Crippen LogP contribution in [-0.4, -0.2) is 50.9 Å². The van der Waals surface area contributed by atoms with Gasteiger partial charge in [0.1, 0.15) is 12.2 Å². The molecule has 0 unspecified atom stereocenters. The highest BCUT2D eigenvalue weighted by Gasteiger charge is 2.55. The summed E-state index contributed by atoms with van der Waals surface area (Å²) in [6.45, 7) is 1.95. The standard InChI is InChI=1S/C24H28O6/c1-26-22-20(17-27-16-18-8-4-2-5-9-18)24(28-14-15-29-24)13-12-21(22)30-23(25)19-10-6-3-7-11-19/h2-11,20-22H,12-17H2,1H3/t20-,21+,22-/m0/s1. The highest BCUT2D eigenvalue weighted by Crippen LogP contribution is 2.43. The van der Waals surface area contributed by atoms with Crippen LogP contribution < -0.4 is 0 Å². The van der Waals surface area contributed by atoms with Crippen LogP contribution in [0.1, 0.15) is 28.8 Å². The van der Waals surface area contributed by atoms with Gasteiger partial charge in [0.15, 0.2) is 5.79 Å². The number of carbonyl (C=O) groups excluding carboxylic acids is 1. The predicted molar refractivity (Wildman–Crippen MR) is 110 cm³/mol. The third kappa shape index (κ3) is 4.57. The molecule has 1 saturated carbocycles. The molecule has 3 atom stereocenters. The molecule has 6 nitrogen and oxygen atoms in total. The highest BCUT2D eigenvalue weighted by molar-refractivity contribution is 5.89. The van der Waals surface area contributed by atoms with E-state index in [1.165, 1.54) is 0 Å². The number of carbonyl (C=O) groups is 1. The van der Waals surface area contributed by atoms with E-state index in [2.05, 4.69) is 0 Å². The van der Waals surface area contributed by atoms with Gasteiger partial charge in [0.25, 0.3) is 0 Å². The molecular formula is C24H28O6. The zero-order chi connectivity index (χ0) is 20.8. The van der Waals surface area contributed by atoms with E-state index in [1.54, 1.807) is 19.2 Å². The summed E-state index contributed by atoms with van der Waals surface area (Å²) in [4.78, 5) is 12.6. The average Bonchev–Trinajstić information content (AvgIpc) is 3.26. The topological polar surface area (TPSA) is 63.2 Å². The number of methoxy groups -OCH3 is 1. The summed E-state index contributed by atoms with van der Waals surface area (Å²) in [5, 5.41) is 0. The minimum absolute atomic E-state index is 0.212. The molecule has 1 aliphatic carbocycles. The lowest BCUT2D eigenvalue weighted by Crippen LogP contribution is -2.57. The van der Waals surface area contributed by atoms with Crippen molar-refractivity contribution in [1.29, 1.82) is 0 Å². The van der Waals surface area contributed by atoms with Crippen LogP contribution in [0, 0.1) is 5.92 Å². The molecule has 2 aromatic rings. The second kappa shape index (κ2) is 9.71. The first kappa shape index (κ1) is 21.0. The van der Waals surface area contributed by atoms with Crippen LogP contribution in [0.3, 0.4) is 0 Å². The Hall–Kier alpha value is -2.25. The number of rotatable bonds is 7. The van der Waals surface area contributed by atoms with Crippen molar-refractivity contribution in [2.75, 3.05) is 26.9 Å². The van der Waals surface area contributed by atoms with Crippen molar-refractivity contribution in [3.05, 3.63) is 71.8 Å². The molecule has 160 valence electrons. The van der Waals surface area contributed by atoms with Gasteiger partial charge in [-0.3, -0.25) is 0 Å². The van der Waals surface area contributed by atoms with Crippen molar-refractivity contribution in [1.82, 2.24) is 0 Å². The maximum absolute atomic E-state index is 12.6. The summed E-state index contributed by atoms with van der Waals surface area (Å²) >= 11 is 0. The van der Waals surface area contributed by atoms with Gasteiger partial charge in [-0.2, -0.15) is 0 Å². The number of hydrogen-bond acceptors (Lipinski definition) is 6. The molecule has 2 aromatic carbocycles. The zero-order valence-electron chi connectivity index (χ0n) is 17.2. The van der Waals surface area contributed by atoms with E-state index < -0.39 is 11.9 Å². The van der Waals surface area contributed by atoms with Crippen LogP contribution in [0.15, 0.2) is 60.7 Å². The zero-order valence-corrected chi connectivity index (χ0v) is 17.2. The molecular weight excluding hydrogens is 384 g/mol. The molecule has 2 aliphatic rings. The van der Waals surface area contributed by atoms with Crippen molar-refractivity contribution in [2.45, 2.75) is 37.4 Å². The molecule has 1 saturated heterocycles. The van der Waals surface area contributed by atoms with Crippen LogP contribution >= 0.6 is 0 Å². The van der Waals surface area contributed by atoms with Crippen molar-refractivity contribution < 1.29 is 28.5 Å². The number of esters is 1. The van der Waals surface area contributed by atoms with E-state index in [0.717, 1.165) is 5.56 Å². The normalized spacial score (nSPS) is 25.3. The van der Waals surface area contributed by atoms with Crippen LogP contribution in [0.2, 0.25) is 0 Å². The molecule has 0 N–H and O–H groups in total. The minimum atomic E-state index is -0.757. The number of hydrogen-bond donors (Lipinski definition) is 0. The molecule has 0 bridgehead atoms. The first-order chi connectivity index (χ1) is 14.7. The molecule has 1 heterocycles. The molecule has 0 amide bonds. The highest BCUT2D eigenvalue weighted by atomic mass is 16.7. The Kier molecular flexibility index (Phi) is 6.79. The molecule has 1 aliphatic heterocycles. The van der Waals surface area contributed by atoms with Crippen LogP contribution in [-0.2, 0) is 30.3 Å². The monoisotopic (exact) mass is 412 g/mol. The van der Waals surface area contributed by atoms with Crippen molar-refractivity contribution in [2.24, 2.45) is 5.92 Å². The Bertz CT molecular complexity index is 803. The largest absolute Gasteiger partial charge is 0.456 e. The molecule has 4 rings (SSSR count). The Balaban J connectivity index is 1.47. The van der Waals surface area contributed by atoms with Gasteiger partial charge in [0.05, 0.1) is 37.9 Å². The summed E-state index contributed by atoms with van der Waals surface area (Å²) in [7, 11) is 1.63. The second-order valence-corrected chi connectivity index (χ2v) is 7.66. The van der Waals surface area contributed by atoms with E-state index in [1.807, 2.05) is 48.5 Å². The molecule has 0 aromatic heterocycles. The Morgan fingerprint density at radius 3 is 2.37 bits per heavy atom. The Morgan fingerprint density at radius 2 is 1.70 bits per heavy atom. The third-order valence-electron chi connectivity index (χ3n) is 5.83. The van der Waals surface area contributed by atoms with Crippen molar-refractivity contribution >= 4 is 5.97 Å². The van der Waals surface area contributed by atoms with E-state index in [4.69, 9.17) is 23.7 Å². The quantitative estimate of drug-likeness (QED) is 0.648. The minimum Gasteiger partial charge on any atom is -0.456 e. The van der Waals surface area contributed by atoms with Gasteiger partial charge in [0, 0.05) is 13.5 Å². The second-order valence-electron chi connectivity index (χ2n) is 7.66. The molecule has 6 heteroatoms. The van der Waals surface area contributed by atoms with Crippen LogP contribution in [0.5, 0.6) is 0 Å². The van der Waals surface area contributed by atoms with Crippen LogP contribution in [0.25, 0.3) is 0 Å². The fourth-order valence-electron chi connectivity index (χ4n) is 4.35. The van der Waals surface area contributed by atoms with E-state index in [9.17, 15) is 4.79 Å². The van der Waals surface area contributed by atoms with E-state index >= 15 is 0 Å². The van der Waals surface area contributed by atoms with E-state index in [0.29, 0.717) is 44.8 Å². The average molecular weight is 412 g/mol. The lowest BCUT2D eigenvalue weighted by Gasteiger charge is -2.46. The maximum atomic E-state index is 12.6. The van der Waals surface area contributed by atoms with Gasteiger partial charge in [-0.1, -0.05) is 48.5 Å². The number of benzene rings is 2. The third-order valence-corrected chi connectivity index (χ3v) is 5.83. The summed E-state index contributed by atoms with van der Waals surface area (Å²) in [5.74, 6) is -1.32. The predicted octanol–water partition coefficient (Wildman–Crippen LogP) is 3.60. The number of ether oxygens (including phenoxy) is 5. The lowest BCUT2D eigenvalue weighted by atomic mass is 9.79. The maximum Gasteiger partial charge on any atom is 0.338 e. The Morgan fingerprint density at radius 1 is 1.03 bits per heavy atom. The summed E-state index contributed by atoms with van der Waals surface area (Å²) < 4.78 is 29.8. The van der Waals surface area contributed by atoms with Crippen molar-refractivity contribution in [3.63, 3.8) is 0 Å². The first-order valence-corrected chi connectivity index (χ1v) is 10.4. The van der Waals surface area contributed by atoms with Gasteiger partial charge in [-0.05, 0) is 24.1 Å². The molecule has 2 fully saturated rings. The first-order valence-electron chi connectivity index (χ1n) is 10.4. The van der Waals surface area contributed by atoms with E-state index in [-0.39, 0.29) is 18.0 Å². The molecule has 30 heavy (non-hydrogen) atoms. The van der Waals surface area contributed by atoms with Crippen LogP contribution in [0.4, 0.5) is 0 Å². The van der Waals surface area contributed by atoms with Gasteiger partial charge in [-0.15, -0.1) is 0 Å². The summed E-state index contributed by atoms with van der Waals surface area (Å²) in [6.07, 6.45) is 0.442. The summed E-state index contributed by atoms with van der Waals surface area (Å²) in [5.41, 5.74) is 1.62. The molecule has 0 radical (unpaired) electrons. The molecule has 1 spiro atoms. The van der Waals surface area contributed by atoms with Gasteiger partial charge in [-0.25, -0.2) is 4.79 Å². The fraction of sp³-hybridized carbons (Fsp3) is 0.458.